The third-order valence-electron chi connectivity index (χ3n) is 4.61. The lowest BCUT2D eigenvalue weighted by Crippen LogP contribution is -2.55. The van der Waals surface area contributed by atoms with E-state index >= 15 is 0 Å². The molecule has 0 amide bonds. The molecule has 128 valence electrons. The number of methoxy groups -OCH3 is 1. The van der Waals surface area contributed by atoms with Crippen molar-refractivity contribution in [2.75, 3.05) is 20.2 Å². The minimum absolute atomic E-state index is 0.0266. The van der Waals surface area contributed by atoms with E-state index in [9.17, 15) is 18.3 Å². The molecular weight excluding hydrogens is 318 g/mol. The molecule has 1 fully saturated rings. The molecule has 1 heterocycles. The second-order valence-corrected chi connectivity index (χ2v) is 8.37. The molecule has 6 nitrogen and oxygen atoms in total. The Balaban J connectivity index is 2.38. The van der Waals surface area contributed by atoms with Crippen LogP contribution in [-0.2, 0) is 14.6 Å². The fraction of sp³-hybridized carbons (Fsp3) is 0.562. The summed E-state index contributed by atoms with van der Waals surface area (Å²) >= 11 is 0. The zero-order valence-electron chi connectivity index (χ0n) is 13.7. The average Bonchev–Trinajstić information content (AvgIpc) is 2.54. The first-order valence-corrected chi connectivity index (χ1v) is 9.09. The van der Waals surface area contributed by atoms with Crippen LogP contribution in [0.25, 0.3) is 0 Å². The summed E-state index contributed by atoms with van der Waals surface area (Å²) in [6, 6.07) is 6.16. The number of likely N-dealkylation sites (tertiary alicyclic amines) is 1. The fourth-order valence-electron chi connectivity index (χ4n) is 2.98. The van der Waals surface area contributed by atoms with Gasteiger partial charge in [0.05, 0.1) is 12.0 Å². The van der Waals surface area contributed by atoms with Crippen molar-refractivity contribution in [3.63, 3.8) is 0 Å². The van der Waals surface area contributed by atoms with E-state index in [1.54, 1.807) is 0 Å². The number of ether oxygens (including phenoxy) is 1. The van der Waals surface area contributed by atoms with Crippen LogP contribution < -0.4 is 4.74 Å². The fourth-order valence-corrected chi connectivity index (χ4v) is 4.88. The molecule has 0 radical (unpaired) electrons. The summed E-state index contributed by atoms with van der Waals surface area (Å²) in [5.74, 6) is -0.736. The van der Waals surface area contributed by atoms with Gasteiger partial charge >= 0.3 is 5.97 Å². The Morgan fingerprint density at radius 2 is 1.74 bits per heavy atom. The Labute approximate surface area is 137 Å². The van der Waals surface area contributed by atoms with Crippen LogP contribution in [0.2, 0.25) is 0 Å². The van der Waals surface area contributed by atoms with E-state index in [0.29, 0.717) is 18.8 Å². The van der Waals surface area contributed by atoms with Crippen molar-refractivity contribution in [2.24, 2.45) is 0 Å². The van der Waals surface area contributed by atoms with E-state index in [2.05, 4.69) is 4.90 Å². The van der Waals surface area contributed by atoms with Crippen molar-refractivity contribution in [3.8, 4) is 5.75 Å². The Bertz CT molecular complexity index is 658. The van der Waals surface area contributed by atoms with Crippen molar-refractivity contribution in [2.45, 2.75) is 42.4 Å². The summed E-state index contributed by atoms with van der Waals surface area (Å²) in [7, 11) is -2.49. The lowest BCUT2D eigenvalue weighted by molar-refractivity contribution is -0.141. The predicted octanol–water partition coefficient (Wildman–Crippen LogP) is 1.80. The van der Waals surface area contributed by atoms with Crippen LogP contribution in [0.15, 0.2) is 29.2 Å². The number of hydrogen-bond donors (Lipinski definition) is 1. The molecule has 0 unspecified atom stereocenters. The maximum absolute atomic E-state index is 13.0. The van der Waals surface area contributed by atoms with Crippen molar-refractivity contribution >= 4 is 15.8 Å². The van der Waals surface area contributed by atoms with Crippen molar-refractivity contribution < 1.29 is 23.1 Å². The normalized spacial score (nSPS) is 18.8. The molecule has 1 aliphatic heterocycles. The minimum Gasteiger partial charge on any atom is -0.497 e. The number of rotatable bonds is 5. The second kappa shape index (κ2) is 6.49. The van der Waals surface area contributed by atoms with Gasteiger partial charge in [0.1, 0.15) is 5.75 Å². The highest BCUT2D eigenvalue weighted by atomic mass is 32.2. The highest BCUT2D eigenvalue weighted by molar-refractivity contribution is 7.93. The smallest absolute Gasteiger partial charge is 0.325 e. The van der Waals surface area contributed by atoms with Crippen LogP contribution in [-0.4, -0.2) is 55.4 Å². The van der Waals surface area contributed by atoms with Gasteiger partial charge in [0.2, 0.25) is 0 Å². The molecular formula is C16H23NO5S. The third kappa shape index (κ3) is 3.07. The number of carboxylic acids is 1. The summed E-state index contributed by atoms with van der Waals surface area (Å²) < 4.78 is 29.2. The van der Waals surface area contributed by atoms with Gasteiger partial charge in [0.25, 0.3) is 0 Å². The molecule has 1 N–H and O–H groups in total. The van der Waals surface area contributed by atoms with E-state index in [0.717, 1.165) is 0 Å². The molecule has 7 heteroatoms. The largest absolute Gasteiger partial charge is 0.497 e. The summed E-state index contributed by atoms with van der Waals surface area (Å²) in [4.78, 5) is 14.0. The minimum atomic E-state index is -3.98. The number of hydrogen-bond acceptors (Lipinski definition) is 5. The molecule has 0 aromatic heterocycles. The highest BCUT2D eigenvalue weighted by Gasteiger charge is 2.53. The maximum atomic E-state index is 13.0. The first-order chi connectivity index (χ1) is 10.7. The zero-order chi connectivity index (χ0) is 17.3. The number of sulfone groups is 1. The van der Waals surface area contributed by atoms with Crippen molar-refractivity contribution in [1.82, 2.24) is 4.90 Å². The molecule has 1 aromatic rings. The second-order valence-electron chi connectivity index (χ2n) is 6.11. The molecule has 1 saturated heterocycles. The topological polar surface area (TPSA) is 83.9 Å². The molecule has 1 aliphatic rings. The van der Waals surface area contributed by atoms with Gasteiger partial charge in [-0.05, 0) is 51.0 Å². The zero-order valence-corrected chi connectivity index (χ0v) is 14.5. The molecule has 0 aliphatic carbocycles. The third-order valence-corrected chi connectivity index (χ3v) is 7.11. The van der Waals surface area contributed by atoms with Gasteiger partial charge in [0, 0.05) is 19.1 Å². The first-order valence-electron chi connectivity index (χ1n) is 7.61. The van der Waals surface area contributed by atoms with Crippen LogP contribution in [0.3, 0.4) is 0 Å². The van der Waals surface area contributed by atoms with Crippen LogP contribution in [0, 0.1) is 0 Å². The Hall–Kier alpha value is -1.60. The summed E-state index contributed by atoms with van der Waals surface area (Å²) in [5, 5.41) is 9.69. The highest BCUT2D eigenvalue weighted by Crippen LogP contribution is 2.36. The number of nitrogens with zero attached hydrogens (tertiary/aromatic N) is 1. The summed E-state index contributed by atoms with van der Waals surface area (Å²) in [6.45, 7) is 4.95. The van der Waals surface area contributed by atoms with Gasteiger partial charge in [-0.3, -0.25) is 4.79 Å². The lowest BCUT2D eigenvalue weighted by atomic mass is 9.95. The van der Waals surface area contributed by atoms with Gasteiger partial charge < -0.3 is 14.7 Å². The van der Waals surface area contributed by atoms with Crippen LogP contribution in [0.5, 0.6) is 5.75 Å². The molecule has 0 saturated carbocycles. The quantitative estimate of drug-likeness (QED) is 0.879. The summed E-state index contributed by atoms with van der Waals surface area (Å²) in [6.07, 6.45) is 0.184. The number of carbonyl (C=O) groups is 1. The first kappa shape index (κ1) is 17.7. The molecule has 2 rings (SSSR count). The number of carboxylic acid groups (broad SMARTS) is 1. The Morgan fingerprint density at radius 3 is 2.13 bits per heavy atom. The standard InChI is InChI=1S/C16H23NO5S/c1-12(2)17-10-8-16(9-11-17,15(18)19)23(20,21)14-6-4-13(22-3)5-7-14/h4-7,12H,8-11H2,1-3H3,(H,18,19). The molecule has 1 aromatic carbocycles. The van der Waals surface area contributed by atoms with Crippen molar-refractivity contribution in [3.05, 3.63) is 24.3 Å². The molecule has 0 spiro atoms. The van der Waals surface area contributed by atoms with Gasteiger partial charge in [-0.25, -0.2) is 8.42 Å². The van der Waals surface area contributed by atoms with Crippen LogP contribution in [0.1, 0.15) is 26.7 Å². The van der Waals surface area contributed by atoms with Gasteiger partial charge in [-0.2, -0.15) is 0 Å². The maximum Gasteiger partial charge on any atom is 0.325 e. The van der Waals surface area contributed by atoms with E-state index in [4.69, 9.17) is 4.74 Å². The van der Waals surface area contributed by atoms with E-state index < -0.39 is 20.6 Å². The van der Waals surface area contributed by atoms with Gasteiger partial charge in [-0.1, -0.05) is 0 Å². The van der Waals surface area contributed by atoms with Gasteiger partial charge in [0.15, 0.2) is 14.6 Å². The Kier molecular flexibility index (Phi) is 5.01. The SMILES string of the molecule is COc1ccc(S(=O)(=O)C2(C(=O)O)CCN(C(C)C)CC2)cc1. The van der Waals surface area contributed by atoms with E-state index in [1.807, 2.05) is 13.8 Å². The molecule has 0 bridgehead atoms. The molecule has 0 atom stereocenters. The monoisotopic (exact) mass is 341 g/mol. The van der Waals surface area contributed by atoms with Crippen molar-refractivity contribution in [1.29, 1.82) is 0 Å². The average molecular weight is 341 g/mol. The van der Waals surface area contributed by atoms with E-state index in [-0.39, 0.29) is 23.8 Å². The Morgan fingerprint density at radius 1 is 1.22 bits per heavy atom. The number of aliphatic carboxylic acids is 1. The van der Waals surface area contributed by atoms with Gasteiger partial charge in [-0.15, -0.1) is 0 Å². The predicted molar refractivity (Wildman–Crippen MR) is 86.5 cm³/mol. The van der Waals surface area contributed by atoms with E-state index in [1.165, 1.54) is 31.4 Å². The molecule has 23 heavy (non-hydrogen) atoms. The number of piperidine rings is 1. The van der Waals surface area contributed by atoms with Crippen LogP contribution >= 0.6 is 0 Å². The number of benzene rings is 1. The summed E-state index contributed by atoms with van der Waals surface area (Å²) in [5.41, 5.74) is 0. The van der Waals surface area contributed by atoms with Crippen LogP contribution in [0.4, 0.5) is 0 Å². The lowest BCUT2D eigenvalue weighted by Gasteiger charge is -2.39.